The van der Waals surface area contributed by atoms with Gasteiger partial charge in [-0.05, 0) is 54.5 Å². The normalized spacial score (nSPS) is 28.0. The predicted octanol–water partition coefficient (Wildman–Crippen LogP) is 1.25. The molecule has 0 amide bonds. The van der Waals surface area contributed by atoms with Crippen LogP contribution in [0.15, 0.2) is 11.6 Å². The van der Waals surface area contributed by atoms with Crippen molar-refractivity contribution in [1.82, 2.24) is 5.32 Å². The van der Waals surface area contributed by atoms with Gasteiger partial charge in [-0.1, -0.05) is 0 Å². The molecule has 1 aliphatic heterocycles. The van der Waals surface area contributed by atoms with Crippen molar-refractivity contribution >= 4 is 0 Å². The van der Waals surface area contributed by atoms with Gasteiger partial charge in [0.05, 0.1) is 0 Å². The molecule has 0 saturated heterocycles. The third-order valence-electron chi connectivity index (χ3n) is 3.30. The van der Waals surface area contributed by atoms with E-state index in [4.69, 9.17) is 0 Å². The second-order valence-electron chi connectivity index (χ2n) is 6.95. The molecule has 1 rings (SSSR count). The Labute approximate surface area is 99.5 Å². The molecular weight excluding hydrogens is 200 g/mol. The van der Waals surface area contributed by atoms with Crippen molar-refractivity contribution in [1.29, 1.82) is 0 Å². The van der Waals surface area contributed by atoms with E-state index in [9.17, 15) is 5.21 Å². The number of hydroxylamine groups is 2. The minimum Gasteiger partial charge on any atom is -0.633 e. The molecule has 1 unspecified atom stereocenters. The topological polar surface area (TPSA) is 39.5 Å². The van der Waals surface area contributed by atoms with Gasteiger partial charge in [0, 0.05) is 17.7 Å². The summed E-state index contributed by atoms with van der Waals surface area (Å²) in [5, 5.41) is 16.0. The molecular formula is C13H26N2O. The van der Waals surface area contributed by atoms with Crippen molar-refractivity contribution in [3.63, 3.8) is 0 Å². The van der Waals surface area contributed by atoms with Gasteiger partial charge in [-0.15, -0.1) is 0 Å². The van der Waals surface area contributed by atoms with E-state index in [1.54, 1.807) is 0 Å². The Hall–Kier alpha value is -0.380. The molecule has 1 heterocycles. The number of nitrogens with one attached hydrogen (secondary N) is 2. The van der Waals surface area contributed by atoms with E-state index in [1.165, 1.54) is 5.57 Å². The Morgan fingerprint density at radius 2 is 1.75 bits per heavy atom. The van der Waals surface area contributed by atoms with Crippen molar-refractivity contribution in [3.05, 3.63) is 16.9 Å². The minimum absolute atomic E-state index is 0.0900. The maximum absolute atomic E-state index is 12.2. The molecule has 0 saturated carbocycles. The predicted molar refractivity (Wildman–Crippen MR) is 68.3 cm³/mol. The minimum atomic E-state index is -0.318. The lowest BCUT2D eigenvalue weighted by molar-refractivity contribution is -0.927. The van der Waals surface area contributed by atoms with Crippen LogP contribution in [0.3, 0.4) is 0 Å². The summed E-state index contributed by atoms with van der Waals surface area (Å²) < 4.78 is 0. The first-order chi connectivity index (χ1) is 6.97. The first-order valence-electron chi connectivity index (χ1n) is 5.99. The summed E-state index contributed by atoms with van der Waals surface area (Å²) in [6.07, 6.45) is 2.13. The van der Waals surface area contributed by atoms with Gasteiger partial charge in [0.2, 0.25) is 0 Å². The zero-order chi connectivity index (χ0) is 12.8. The smallest absolute Gasteiger partial charge is 0.115 e. The summed E-state index contributed by atoms with van der Waals surface area (Å²) >= 11 is 0. The van der Waals surface area contributed by atoms with Gasteiger partial charge in [-0.2, -0.15) is 0 Å². The van der Waals surface area contributed by atoms with Crippen LogP contribution in [-0.4, -0.2) is 23.2 Å². The third kappa shape index (κ3) is 2.65. The largest absolute Gasteiger partial charge is 0.633 e. The molecule has 16 heavy (non-hydrogen) atoms. The number of quaternary nitrogens is 1. The highest BCUT2D eigenvalue weighted by molar-refractivity contribution is 5.25. The Morgan fingerprint density at radius 1 is 1.25 bits per heavy atom. The molecule has 1 atom stereocenters. The Balaban J connectivity index is 2.81. The Bertz CT molecular complexity index is 298. The number of hydrogen-bond acceptors (Lipinski definition) is 2. The third-order valence-corrected chi connectivity index (χ3v) is 3.30. The summed E-state index contributed by atoms with van der Waals surface area (Å²) in [6, 6.07) is 0. The summed E-state index contributed by atoms with van der Waals surface area (Å²) in [5.41, 5.74) is 0.685. The van der Waals surface area contributed by atoms with Gasteiger partial charge in [0.15, 0.2) is 0 Å². The zero-order valence-corrected chi connectivity index (χ0v) is 11.7. The fourth-order valence-corrected chi connectivity index (χ4v) is 2.27. The lowest BCUT2D eigenvalue weighted by atomic mass is 9.95. The second-order valence-corrected chi connectivity index (χ2v) is 6.95. The average molecular weight is 226 g/mol. The molecule has 3 heteroatoms. The van der Waals surface area contributed by atoms with Crippen LogP contribution in [-0.2, 0) is 0 Å². The fraction of sp³-hybridized carbons (Fsp3) is 0.846. The molecule has 0 aliphatic carbocycles. The van der Waals surface area contributed by atoms with Crippen molar-refractivity contribution in [2.24, 2.45) is 0 Å². The molecule has 2 N–H and O–H groups in total. The van der Waals surface area contributed by atoms with E-state index < -0.39 is 0 Å². The molecule has 3 nitrogen and oxygen atoms in total. The summed E-state index contributed by atoms with van der Waals surface area (Å²) in [6.45, 7) is 15.3. The highest BCUT2D eigenvalue weighted by Gasteiger charge is 2.44. The van der Waals surface area contributed by atoms with Crippen LogP contribution in [0, 0.1) is 5.21 Å². The van der Waals surface area contributed by atoms with E-state index in [0.717, 1.165) is 6.54 Å². The van der Waals surface area contributed by atoms with Crippen LogP contribution in [0.4, 0.5) is 0 Å². The SMILES string of the molecule is CC(C)(C)NCC1=CC(C)(C)[NH+]([O-])C1(C)C. The molecule has 0 radical (unpaired) electrons. The van der Waals surface area contributed by atoms with Gasteiger partial charge in [-0.25, -0.2) is 0 Å². The number of hydrogen-bond donors (Lipinski definition) is 2. The Morgan fingerprint density at radius 3 is 2.06 bits per heavy atom. The van der Waals surface area contributed by atoms with Crippen molar-refractivity contribution < 1.29 is 5.06 Å². The molecule has 0 aromatic rings. The molecule has 0 fully saturated rings. The highest BCUT2D eigenvalue weighted by Crippen LogP contribution is 2.24. The van der Waals surface area contributed by atoms with Crippen molar-refractivity contribution in [3.8, 4) is 0 Å². The van der Waals surface area contributed by atoms with Gasteiger partial charge < -0.3 is 15.6 Å². The molecule has 0 bridgehead atoms. The standard InChI is InChI=1S/C13H26N2O/c1-11(2,3)14-9-10-8-12(4,5)15(16)13(10,6)7/h8,14-15H,9H2,1-7H3. The first kappa shape index (κ1) is 13.7. The van der Waals surface area contributed by atoms with E-state index in [0.29, 0.717) is 5.06 Å². The first-order valence-corrected chi connectivity index (χ1v) is 5.99. The van der Waals surface area contributed by atoms with Crippen LogP contribution in [0.1, 0.15) is 48.5 Å². The van der Waals surface area contributed by atoms with Crippen LogP contribution in [0.5, 0.6) is 0 Å². The van der Waals surface area contributed by atoms with E-state index in [1.807, 2.05) is 27.7 Å². The molecule has 0 aromatic heterocycles. The maximum Gasteiger partial charge on any atom is 0.115 e. The fourth-order valence-electron chi connectivity index (χ4n) is 2.27. The molecule has 0 aromatic carbocycles. The van der Waals surface area contributed by atoms with E-state index in [2.05, 4.69) is 32.2 Å². The average Bonchev–Trinajstić information content (AvgIpc) is 2.22. The summed E-state index contributed by atoms with van der Waals surface area (Å²) in [7, 11) is 0. The van der Waals surface area contributed by atoms with Gasteiger partial charge in [0.1, 0.15) is 11.1 Å². The second kappa shape index (κ2) is 3.83. The van der Waals surface area contributed by atoms with Crippen LogP contribution < -0.4 is 10.4 Å². The summed E-state index contributed by atoms with van der Waals surface area (Å²) in [5.74, 6) is 0. The quantitative estimate of drug-likeness (QED) is 0.549. The highest BCUT2D eigenvalue weighted by atomic mass is 16.5. The maximum atomic E-state index is 12.2. The van der Waals surface area contributed by atoms with E-state index in [-0.39, 0.29) is 16.6 Å². The van der Waals surface area contributed by atoms with Gasteiger partial charge >= 0.3 is 0 Å². The van der Waals surface area contributed by atoms with E-state index >= 15 is 0 Å². The molecule has 94 valence electrons. The lowest BCUT2D eigenvalue weighted by Gasteiger charge is -2.42. The lowest BCUT2D eigenvalue weighted by Crippen LogP contribution is -3.20. The van der Waals surface area contributed by atoms with Crippen LogP contribution in [0.2, 0.25) is 0 Å². The van der Waals surface area contributed by atoms with Gasteiger partial charge in [-0.3, -0.25) is 0 Å². The van der Waals surface area contributed by atoms with Crippen molar-refractivity contribution in [2.45, 2.75) is 65.1 Å². The number of rotatable bonds is 2. The summed E-state index contributed by atoms with van der Waals surface area (Å²) in [4.78, 5) is 0. The Kier molecular flexibility index (Phi) is 3.27. The molecule has 1 aliphatic rings. The monoisotopic (exact) mass is 226 g/mol. The zero-order valence-electron chi connectivity index (χ0n) is 11.7. The van der Waals surface area contributed by atoms with Gasteiger partial charge in [0.25, 0.3) is 0 Å². The van der Waals surface area contributed by atoms with Crippen LogP contribution >= 0.6 is 0 Å². The molecule has 0 spiro atoms. The van der Waals surface area contributed by atoms with Crippen LogP contribution in [0.25, 0.3) is 0 Å². The van der Waals surface area contributed by atoms with Crippen molar-refractivity contribution in [2.75, 3.05) is 6.54 Å².